The molecule has 2 aliphatic rings. The number of carbonyl (C=O) groups is 2. The fourth-order valence-corrected chi connectivity index (χ4v) is 4.37. The molecule has 1 atom stereocenters. The second-order valence-electron chi connectivity index (χ2n) is 7.90. The zero-order chi connectivity index (χ0) is 18.7. The second-order valence-corrected chi connectivity index (χ2v) is 7.90. The summed E-state index contributed by atoms with van der Waals surface area (Å²) in [4.78, 5) is 27.3. The average molecular weight is 357 g/mol. The number of nitrogens with zero attached hydrogens (tertiary/aromatic N) is 1. The summed E-state index contributed by atoms with van der Waals surface area (Å²) in [6.07, 6.45) is 7.34. The van der Waals surface area contributed by atoms with Crippen molar-refractivity contribution in [2.45, 2.75) is 77.8 Å². The van der Waals surface area contributed by atoms with Crippen LogP contribution in [0.3, 0.4) is 0 Å². The van der Waals surface area contributed by atoms with E-state index in [4.69, 9.17) is 0 Å². The van der Waals surface area contributed by atoms with E-state index in [1.54, 1.807) is 4.90 Å². The quantitative estimate of drug-likeness (QED) is 0.857. The van der Waals surface area contributed by atoms with Crippen molar-refractivity contribution in [3.05, 3.63) is 28.8 Å². The van der Waals surface area contributed by atoms with Crippen LogP contribution in [-0.4, -0.2) is 35.5 Å². The number of aryl methyl sites for hydroxylation is 3. The maximum Gasteiger partial charge on any atom is 0.318 e. The van der Waals surface area contributed by atoms with Crippen molar-refractivity contribution in [2.24, 2.45) is 0 Å². The molecule has 0 aromatic heterocycles. The molecular weight excluding hydrogens is 326 g/mol. The SMILES string of the molecule is Cc1cc(C)c(NC(=O)[C@@H]2CCCN2C(=O)NC2CCCCC2)c(C)c1. The van der Waals surface area contributed by atoms with Crippen LogP contribution in [0.2, 0.25) is 0 Å². The Labute approximate surface area is 156 Å². The lowest BCUT2D eigenvalue weighted by Gasteiger charge is -2.29. The average Bonchev–Trinajstić information content (AvgIpc) is 3.09. The van der Waals surface area contributed by atoms with Crippen LogP contribution < -0.4 is 10.6 Å². The molecule has 2 fully saturated rings. The van der Waals surface area contributed by atoms with Gasteiger partial charge in [-0.15, -0.1) is 0 Å². The molecule has 142 valence electrons. The standard InChI is InChI=1S/C21H31N3O2/c1-14-12-15(2)19(16(3)13-14)23-20(25)18-10-7-11-24(18)21(26)22-17-8-5-4-6-9-17/h12-13,17-18H,4-11H2,1-3H3,(H,22,26)(H,23,25)/t18-/m0/s1. The normalized spacial score (nSPS) is 20.9. The molecule has 1 aromatic rings. The first-order chi connectivity index (χ1) is 12.5. The van der Waals surface area contributed by atoms with Gasteiger partial charge in [-0.05, 0) is 57.6 Å². The summed E-state index contributed by atoms with van der Waals surface area (Å²) in [7, 11) is 0. The molecule has 1 aromatic carbocycles. The summed E-state index contributed by atoms with van der Waals surface area (Å²) in [6, 6.07) is 3.96. The molecule has 0 unspecified atom stereocenters. The highest BCUT2D eigenvalue weighted by molar-refractivity contribution is 5.98. The number of nitrogens with one attached hydrogen (secondary N) is 2. The zero-order valence-electron chi connectivity index (χ0n) is 16.2. The fraction of sp³-hybridized carbons (Fsp3) is 0.619. The van der Waals surface area contributed by atoms with Crippen molar-refractivity contribution in [3.63, 3.8) is 0 Å². The molecule has 1 aliphatic carbocycles. The van der Waals surface area contributed by atoms with E-state index in [9.17, 15) is 9.59 Å². The van der Waals surface area contributed by atoms with E-state index in [2.05, 4.69) is 29.7 Å². The third-order valence-corrected chi connectivity index (χ3v) is 5.67. The molecule has 26 heavy (non-hydrogen) atoms. The van der Waals surface area contributed by atoms with Crippen molar-refractivity contribution in [1.82, 2.24) is 10.2 Å². The minimum Gasteiger partial charge on any atom is -0.335 e. The van der Waals surface area contributed by atoms with Gasteiger partial charge in [-0.25, -0.2) is 4.79 Å². The number of anilines is 1. The van der Waals surface area contributed by atoms with E-state index in [0.717, 1.165) is 42.5 Å². The summed E-state index contributed by atoms with van der Waals surface area (Å²) >= 11 is 0. The zero-order valence-corrected chi connectivity index (χ0v) is 16.2. The fourth-order valence-electron chi connectivity index (χ4n) is 4.37. The number of urea groups is 1. The van der Waals surface area contributed by atoms with Crippen LogP contribution in [-0.2, 0) is 4.79 Å². The third-order valence-electron chi connectivity index (χ3n) is 5.67. The van der Waals surface area contributed by atoms with E-state index < -0.39 is 0 Å². The van der Waals surface area contributed by atoms with E-state index in [1.807, 2.05) is 13.8 Å². The van der Waals surface area contributed by atoms with Gasteiger partial charge in [-0.3, -0.25) is 4.79 Å². The van der Waals surface area contributed by atoms with Crippen molar-refractivity contribution in [3.8, 4) is 0 Å². The first-order valence-electron chi connectivity index (χ1n) is 9.91. The molecule has 3 amide bonds. The Balaban J connectivity index is 1.65. The molecule has 0 radical (unpaired) electrons. The maximum absolute atomic E-state index is 12.9. The number of amides is 3. The van der Waals surface area contributed by atoms with E-state index in [-0.39, 0.29) is 24.0 Å². The number of hydrogen-bond acceptors (Lipinski definition) is 2. The highest BCUT2D eigenvalue weighted by Crippen LogP contribution is 2.25. The van der Waals surface area contributed by atoms with Crippen molar-refractivity contribution in [1.29, 1.82) is 0 Å². The summed E-state index contributed by atoms with van der Waals surface area (Å²) in [5, 5.41) is 6.22. The van der Waals surface area contributed by atoms with Crippen LogP contribution in [0.5, 0.6) is 0 Å². The number of benzene rings is 1. The number of hydrogen-bond donors (Lipinski definition) is 2. The van der Waals surface area contributed by atoms with Crippen LogP contribution in [0.15, 0.2) is 12.1 Å². The summed E-state index contributed by atoms with van der Waals surface area (Å²) in [6.45, 7) is 6.73. The van der Waals surface area contributed by atoms with Gasteiger partial charge in [0.15, 0.2) is 0 Å². The first-order valence-corrected chi connectivity index (χ1v) is 9.91. The largest absolute Gasteiger partial charge is 0.335 e. The van der Waals surface area contributed by atoms with Crippen LogP contribution in [0, 0.1) is 20.8 Å². The molecule has 1 aliphatic heterocycles. The molecule has 1 heterocycles. The number of likely N-dealkylation sites (tertiary alicyclic amines) is 1. The van der Waals surface area contributed by atoms with Crippen molar-refractivity contribution >= 4 is 17.6 Å². The molecule has 1 saturated carbocycles. The number of carbonyl (C=O) groups excluding carboxylic acids is 2. The first kappa shape index (κ1) is 18.7. The lowest BCUT2D eigenvalue weighted by Crippen LogP contribution is -2.50. The maximum atomic E-state index is 12.9. The Kier molecular flexibility index (Phi) is 5.84. The Morgan fingerprint density at radius 2 is 1.62 bits per heavy atom. The molecule has 5 nitrogen and oxygen atoms in total. The Morgan fingerprint density at radius 1 is 0.962 bits per heavy atom. The Hall–Kier alpha value is -2.04. The Morgan fingerprint density at radius 3 is 2.27 bits per heavy atom. The molecule has 3 rings (SSSR count). The van der Waals surface area contributed by atoms with E-state index in [1.165, 1.54) is 24.8 Å². The lowest BCUT2D eigenvalue weighted by atomic mass is 9.96. The van der Waals surface area contributed by atoms with Gasteiger partial charge in [-0.2, -0.15) is 0 Å². The topological polar surface area (TPSA) is 61.4 Å². The van der Waals surface area contributed by atoms with Crippen molar-refractivity contribution in [2.75, 3.05) is 11.9 Å². The van der Waals surface area contributed by atoms with Crippen molar-refractivity contribution < 1.29 is 9.59 Å². The van der Waals surface area contributed by atoms with Gasteiger partial charge in [0.2, 0.25) is 5.91 Å². The van der Waals surface area contributed by atoms with Gasteiger partial charge in [0.25, 0.3) is 0 Å². The Bertz CT molecular complexity index is 657. The van der Waals surface area contributed by atoms with Gasteiger partial charge < -0.3 is 15.5 Å². The summed E-state index contributed by atoms with van der Waals surface area (Å²) in [5.74, 6) is -0.0728. The van der Waals surface area contributed by atoms with Gasteiger partial charge in [-0.1, -0.05) is 37.0 Å². The summed E-state index contributed by atoms with van der Waals surface area (Å²) in [5.41, 5.74) is 4.19. The predicted molar refractivity (Wildman–Crippen MR) is 104 cm³/mol. The highest BCUT2D eigenvalue weighted by Gasteiger charge is 2.35. The van der Waals surface area contributed by atoms with Crippen LogP contribution in [0.1, 0.15) is 61.6 Å². The van der Waals surface area contributed by atoms with Crippen LogP contribution in [0.25, 0.3) is 0 Å². The number of rotatable bonds is 3. The summed E-state index contributed by atoms with van der Waals surface area (Å²) < 4.78 is 0. The third kappa shape index (κ3) is 4.19. The molecule has 2 N–H and O–H groups in total. The molecule has 5 heteroatoms. The molecule has 0 bridgehead atoms. The minimum absolute atomic E-state index is 0.0728. The van der Waals surface area contributed by atoms with Gasteiger partial charge >= 0.3 is 6.03 Å². The van der Waals surface area contributed by atoms with Gasteiger partial charge in [0, 0.05) is 18.3 Å². The smallest absolute Gasteiger partial charge is 0.318 e. The second kappa shape index (κ2) is 8.11. The monoisotopic (exact) mass is 357 g/mol. The molecular formula is C21H31N3O2. The molecule has 0 spiro atoms. The van der Waals surface area contributed by atoms with Gasteiger partial charge in [0.05, 0.1) is 0 Å². The van der Waals surface area contributed by atoms with E-state index >= 15 is 0 Å². The molecule has 1 saturated heterocycles. The van der Waals surface area contributed by atoms with E-state index in [0.29, 0.717) is 6.54 Å². The van der Waals surface area contributed by atoms with Crippen LogP contribution >= 0.6 is 0 Å². The van der Waals surface area contributed by atoms with Gasteiger partial charge in [0.1, 0.15) is 6.04 Å². The van der Waals surface area contributed by atoms with Crippen LogP contribution in [0.4, 0.5) is 10.5 Å². The minimum atomic E-state index is -0.376. The lowest BCUT2D eigenvalue weighted by molar-refractivity contribution is -0.119. The predicted octanol–water partition coefficient (Wildman–Crippen LogP) is 4.06. The highest BCUT2D eigenvalue weighted by atomic mass is 16.2.